The molecular weight excluding hydrogens is 340 g/mol. The highest BCUT2D eigenvalue weighted by Gasteiger charge is 2.40. The number of benzene rings is 2. The zero-order valence-electron chi connectivity index (χ0n) is 16.1. The molecular formula is C22H24N2O3. The molecule has 0 saturated carbocycles. The summed E-state index contributed by atoms with van der Waals surface area (Å²) in [6.07, 6.45) is 0. The van der Waals surface area contributed by atoms with Gasteiger partial charge in [-0.15, -0.1) is 0 Å². The number of nitrogens with zero attached hydrogens (tertiary/aromatic N) is 1. The number of aryl methyl sites for hydroxylation is 1. The van der Waals surface area contributed by atoms with Crippen molar-refractivity contribution in [2.75, 3.05) is 11.9 Å². The molecule has 27 heavy (non-hydrogen) atoms. The van der Waals surface area contributed by atoms with Gasteiger partial charge in [0, 0.05) is 17.8 Å². The van der Waals surface area contributed by atoms with Crippen LogP contribution in [0.3, 0.4) is 0 Å². The van der Waals surface area contributed by atoms with Crippen molar-refractivity contribution in [2.45, 2.75) is 33.7 Å². The van der Waals surface area contributed by atoms with Gasteiger partial charge in [-0.25, -0.2) is 0 Å². The van der Waals surface area contributed by atoms with Crippen molar-refractivity contribution < 1.29 is 14.3 Å². The van der Waals surface area contributed by atoms with Gasteiger partial charge < -0.3 is 10.1 Å². The van der Waals surface area contributed by atoms with Gasteiger partial charge in [0.1, 0.15) is 11.4 Å². The largest absolute Gasteiger partial charge is 0.494 e. The lowest BCUT2D eigenvalue weighted by Crippen LogP contribution is -2.38. The number of imide groups is 1. The van der Waals surface area contributed by atoms with Crippen LogP contribution in [0.15, 0.2) is 54.2 Å². The average Bonchev–Trinajstić information content (AvgIpc) is 2.87. The minimum absolute atomic E-state index is 0.223. The Kier molecular flexibility index (Phi) is 5.31. The van der Waals surface area contributed by atoms with E-state index in [0.717, 1.165) is 11.1 Å². The van der Waals surface area contributed by atoms with Crippen LogP contribution in [-0.4, -0.2) is 29.4 Å². The molecule has 5 nitrogen and oxygen atoms in total. The Balaban J connectivity index is 2.05. The maximum Gasteiger partial charge on any atom is 0.278 e. The Morgan fingerprint density at radius 3 is 2.37 bits per heavy atom. The number of rotatable bonds is 6. The van der Waals surface area contributed by atoms with E-state index in [1.165, 1.54) is 4.90 Å². The molecule has 0 aromatic heterocycles. The first kappa shape index (κ1) is 18.7. The fourth-order valence-electron chi connectivity index (χ4n) is 3.09. The maximum atomic E-state index is 13.0. The Labute approximate surface area is 159 Å². The third-order valence-corrected chi connectivity index (χ3v) is 4.39. The van der Waals surface area contributed by atoms with Crippen LogP contribution in [0, 0.1) is 6.92 Å². The van der Waals surface area contributed by atoms with Crippen molar-refractivity contribution in [1.29, 1.82) is 0 Å². The number of hydrogen-bond donors (Lipinski definition) is 1. The van der Waals surface area contributed by atoms with Crippen LogP contribution in [0.1, 0.15) is 31.9 Å². The predicted octanol–water partition coefficient (Wildman–Crippen LogP) is 3.99. The summed E-state index contributed by atoms with van der Waals surface area (Å²) in [7, 11) is 0. The highest BCUT2D eigenvalue weighted by atomic mass is 16.5. The van der Waals surface area contributed by atoms with Crippen LogP contribution >= 0.6 is 0 Å². The molecule has 140 valence electrons. The average molecular weight is 364 g/mol. The second-order valence-corrected chi connectivity index (χ2v) is 6.78. The number of anilines is 1. The van der Waals surface area contributed by atoms with E-state index in [0.29, 0.717) is 29.3 Å². The summed E-state index contributed by atoms with van der Waals surface area (Å²) in [6, 6.07) is 14.8. The molecule has 2 aromatic rings. The van der Waals surface area contributed by atoms with E-state index in [-0.39, 0.29) is 17.9 Å². The maximum absolute atomic E-state index is 13.0. The van der Waals surface area contributed by atoms with Crippen LogP contribution < -0.4 is 10.1 Å². The lowest BCUT2D eigenvalue weighted by atomic mass is 10.0. The van der Waals surface area contributed by atoms with Crippen LogP contribution in [0.5, 0.6) is 5.75 Å². The number of nitrogens with one attached hydrogen (secondary N) is 1. The summed E-state index contributed by atoms with van der Waals surface area (Å²) in [6.45, 7) is 8.12. The molecule has 0 bridgehead atoms. The second-order valence-electron chi connectivity index (χ2n) is 6.78. The summed E-state index contributed by atoms with van der Waals surface area (Å²) >= 11 is 0. The van der Waals surface area contributed by atoms with Gasteiger partial charge in [-0.05, 0) is 45.4 Å². The number of hydrogen-bond acceptors (Lipinski definition) is 4. The van der Waals surface area contributed by atoms with E-state index in [1.807, 2.05) is 76.2 Å². The highest BCUT2D eigenvalue weighted by molar-refractivity contribution is 6.36. The molecule has 0 atom stereocenters. The van der Waals surface area contributed by atoms with Crippen molar-refractivity contribution in [3.05, 3.63) is 65.4 Å². The number of amides is 2. The summed E-state index contributed by atoms with van der Waals surface area (Å²) in [5, 5.41) is 3.16. The van der Waals surface area contributed by atoms with E-state index in [4.69, 9.17) is 4.74 Å². The quantitative estimate of drug-likeness (QED) is 0.787. The van der Waals surface area contributed by atoms with E-state index < -0.39 is 0 Å². The highest BCUT2D eigenvalue weighted by Crippen LogP contribution is 2.32. The fourth-order valence-corrected chi connectivity index (χ4v) is 3.09. The minimum atomic E-state index is -0.313. The zero-order chi connectivity index (χ0) is 19.6. The molecule has 0 aliphatic carbocycles. The molecule has 0 unspecified atom stereocenters. The molecule has 0 radical (unpaired) electrons. The predicted molar refractivity (Wildman–Crippen MR) is 106 cm³/mol. The SMILES string of the molecule is CCOc1cccc(NC2=C(c3ccc(C)cc3)C(=O)N(C(C)C)C2=O)c1. The first-order chi connectivity index (χ1) is 12.9. The zero-order valence-corrected chi connectivity index (χ0v) is 16.1. The Bertz CT molecular complexity index is 898. The number of ether oxygens (including phenoxy) is 1. The second kappa shape index (κ2) is 7.66. The molecule has 2 amide bonds. The molecule has 0 saturated heterocycles. The Hall–Kier alpha value is -3.08. The van der Waals surface area contributed by atoms with Gasteiger partial charge in [-0.2, -0.15) is 0 Å². The molecule has 1 aliphatic heterocycles. The molecule has 0 spiro atoms. The first-order valence-electron chi connectivity index (χ1n) is 9.11. The van der Waals surface area contributed by atoms with Gasteiger partial charge in [0.25, 0.3) is 11.8 Å². The van der Waals surface area contributed by atoms with Crippen molar-refractivity contribution in [1.82, 2.24) is 4.90 Å². The molecule has 1 aliphatic rings. The minimum Gasteiger partial charge on any atom is -0.494 e. The Morgan fingerprint density at radius 1 is 1.04 bits per heavy atom. The third-order valence-electron chi connectivity index (χ3n) is 4.39. The van der Waals surface area contributed by atoms with E-state index in [9.17, 15) is 9.59 Å². The van der Waals surface area contributed by atoms with E-state index >= 15 is 0 Å². The Morgan fingerprint density at radius 2 is 1.74 bits per heavy atom. The molecule has 0 fully saturated rings. The van der Waals surface area contributed by atoms with Crippen molar-refractivity contribution in [3.63, 3.8) is 0 Å². The number of carbonyl (C=O) groups is 2. The normalized spacial score (nSPS) is 14.3. The summed E-state index contributed by atoms with van der Waals surface area (Å²) in [4.78, 5) is 27.3. The fraction of sp³-hybridized carbons (Fsp3) is 0.273. The molecule has 1 heterocycles. The van der Waals surface area contributed by atoms with Crippen molar-refractivity contribution in [3.8, 4) is 5.75 Å². The van der Waals surface area contributed by atoms with Gasteiger partial charge in [-0.1, -0.05) is 35.9 Å². The molecule has 3 rings (SSSR count). The van der Waals surface area contributed by atoms with Crippen molar-refractivity contribution in [2.24, 2.45) is 0 Å². The van der Waals surface area contributed by atoms with E-state index in [1.54, 1.807) is 0 Å². The van der Waals surface area contributed by atoms with Gasteiger partial charge in [0.05, 0.1) is 12.2 Å². The van der Waals surface area contributed by atoms with Crippen LogP contribution in [0.2, 0.25) is 0 Å². The standard InChI is InChI=1S/C22H24N2O3/c1-5-27-18-8-6-7-17(13-18)23-20-19(16-11-9-15(4)10-12-16)21(25)24(14(2)3)22(20)26/h6-14,23H,5H2,1-4H3. The van der Waals surface area contributed by atoms with Crippen LogP contribution in [-0.2, 0) is 9.59 Å². The summed E-state index contributed by atoms with van der Waals surface area (Å²) in [5.74, 6) is 0.118. The summed E-state index contributed by atoms with van der Waals surface area (Å²) < 4.78 is 5.52. The van der Waals surface area contributed by atoms with Gasteiger partial charge in [0.2, 0.25) is 0 Å². The van der Waals surface area contributed by atoms with Crippen LogP contribution in [0.4, 0.5) is 5.69 Å². The molecule has 1 N–H and O–H groups in total. The first-order valence-corrected chi connectivity index (χ1v) is 9.11. The van der Waals surface area contributed by atoms with Crippen molar-refractivity contribution >= 4 is 23.1 Å². The lowest BCUT2D eigenvalue weighted by Gasteiger charge is -2.19. The van der Waals surface area contributed by atoms with Gasteiger partial charge in [-0.3, -0.25) is 14.5 Å². The third kappa shape index (κ3) is 3.72. The molecule has 5 heteroatoms. The smallest absolute Gasteiger partial charge is 0.278 e. The topological polar surface area (TPSA) is 58.6 Å². The number of carbonyl (C=O) groups excluding carboxylic acids is 2. The van der Waals surface area contributed by atoms with E-state index in [2.05, 4.69) is 5.32 Å². The van der Waals surface area contributed by atoms with Gasteiger partial charge in [0.15, 0.2) is 0 Å². The molecule has 2 aromatic carbocycles. The summed E-state index contributed by atoms with van der Waals surface area (Å²) in [5.41, 5.74) is 3.22. The lowest BCUT2D eigenvalue weighted by molar-refractivity contribution is -0.138. The monoisotopic (exact) mass is 364 g/mol. The van der Waals surface area contributed by atoms with Crippen LogP contribution in [0.25, 0.3) is 5.57 Å². The van der Waals surface area contributed by atoms with Gasteiger partial charge >= 0.3 is 0 Å².